The van der Waals surface area contributed by atoms with Crippen molar-refractivity contribution in [2.45, 2.75) is 6.04 Å². The molecule has 0 bridgehead atoms. The third-order valence-electron chi connectivity index (χ3n) is 3.34. The number of morpholine rings is 1. The van der Waals surface area contributed by atoms with E-state index >= 15 is 0 Å². The second kappa shape index (κ2) is 5.64. The van der Waals surface area contributed by atoms with Crippen LogP contribution < -0.4 is 0 Å². The van der Waals surface area contributed by atoms with Crippen LogP contribution in [0.5, 0.6) is 0 Å². The molecule has 104 valence electrons. The number of carbonyl (C=O) groups excluding carboxylic acids is 1. The summed E-state index contributed by atoms with van der Waals surface area (Å²) in [7, 11) is 0. The second-order valence-corrected chi connectivity index (χ2v) is 5.05. The molecule has 3 rings (SSSR count). The van der Waals surface area contributed by atoms with E-state index in [-0.39, 0.29) is 11.9 Å². The summed E-state index contributed by atoms with van der Waals surface area (Å²) in [5, 5.41) is 7.40. The zero-order chi connectivity index (χ0) is 13.9. The molecular weight excluding hydrogens is 278 g/mol. The Hall–Kier alpha value is -1.85. The molecule has 1 aliphatic rings. The van der Waals surface area contributed by atoms with E-state index in [9.17, 15) is 4.79 Å². The van der Waals surface area contributed by atoms with Crippen LogP contribution in [0.4, 0.5) is 0 Å². The van der Waals surface area contributed by atoms with Crippen LogP contribution in [0.25, 0.3) is 0 Å². The molecule has 6 heteroatoms. The molecule has 20 heavy (non-hydrogen) atoms. The van der Waals surface area contributed by atoms with Crippen LogP contribution in [0.15, 0.2) is 36.5 Å². The first kappa shape index (κ1) is 13.1. The molecular formula is C14H14ClN3O2. The van der Waals surface area contributed by atoms with Gasteiger partial charge in [0.25, 0.3) is 5.91 Å². The maximum Gasteiger partial charge on any atom is 0.254 e. The first-order valence-electron chi connectivity index (χ1n) is 6.39. The fourth-order valence-electron chi connectivity index (χ4n) is 2.34. The lowest BCUT2D eigenvalue weighted by Gasteiger charge is -2.35. The maximum atomic E-state index is 12.6. The lowest BCUT2D eigenvalue weighted by Crippen LogP contribution is -2.43. The van der Waals surface area contributed by atoms with Crippen LogP contribution in [-0.2, 0) is 4.74 Å². The van der Waals surface area contributed by atoms with Gasteiger partial charge in [0.15, 0.2) is 0 Å². The molecule has 0 aliphatic carbocycles. The van der Waals surface area contributed by atoms with E-state index in [4.69, 9.17) is 16.3 Å². The Labute approximate surface area is 121 Å². The number of rotatable bonds is 2. The highest BCUT2D eigenvalue weighted by Gasteiger charge is 2.30. The summed E-state index contributed by atoms with van der Waals surface area (Å²) >= 11 is 5.95. The van der Waals surface area contributed by atoms with Crippen molar-refractivity contribution < 1.29 is 9.53 Å². The van der Waals surface area contributed by atoms with Gasteiger partial charge in [0.2, 0.25) is 0 Å². The van der Waals surface area contributed by atoms with Crippen molar-refractivity contribution in [1.29, 1.82) is 0 Å². The molecule has 0 radical (unpaired) electrons. The first-order chi connectivity index (χ1) is 9.75. The molecule has 1 amide bonds. The van der Waals surface area contributed by atoms with E-state index in [1.165, 1.54) is 0 Å². The monoisotopic (exact) mass is 291 g/mol. The minimum absolute atomic E-state index is 0.0459. The summed E-state index contributed by atoms with van der Waals surface area (Å²) in [4.78, 5) is 14.4. The predicted octanol–water partition coefficient (Wildman–Crippen LogP) is 2.28. The molecule has 1 saturated heterocycles. The molecule has 0 saturated carbocycles. The molecule has 1 N–H and O–H groups in total. The van der Waals surface area contributed by atoms with E-state index < -0.39 is 0 Å². The minimum atomic E-state index is -0.141. The lowest BCUT2D eigenvalue weighted by molar-refractivity contribution is -0.00391. The molecule has 1 aliphatic heterocycles. The Bertz CT molecular complexity index is 600. The highest BCUT2D eigenvalue weighted by Crippen LogP contribution is 2.25. The van der Waals surface area contributed by atoms with Gasteiger partial charge < -0.3 is 9.64 Å². The van der Waals surface area contributed by atoms with Gasteiger partial charge in [0.05, 0.1) is 24.9 Å². The van der Waals surface area contributed by atoms with Gasteiger partial charge in [-0.3, -0.25) is 9.89 Å². The van der Waals surface area contributed by atoms with Crippen LogP contribution in [-0.4, -0.2) is 40.8 Å². The summed E-state index contributed by atoms with van der Waals surface area (Å²) in [6, 6.07) is 8.71. The Morgan fingerprint density at radius 3 is 3.10 bits per heavy atom. The van der Waals surface area contributed by atoms with Gasteiger partial charge in [-0.1, -0.05) is 17.7 Å². The number of aromatic amines is 1. The molecule has 2 heterocycles. The number of hydrogen-bond acceptors (Lipinski definition) is 3. The fourth-order valence-corrected chi connectivity index (χ4v) is 2.53. The molecule has 5 nitrogen and oxygen atoms in total. The Balaban J connectivity index is 1.88. The maximum absolute atomic E-state index is 12.6. The van der Waals surface area contributed by atoms with E-state index in [0.29, 0.717) is 30.3 Å². The zero-order valence-corrected chi connectivity index (χ0v) is 11.5. The number of hydrogen-bond donors (Lipinski definition) is 1. The summed E-state index contributed by atoms with van der Waals surface area (Å²) in [6.45, 7) is 1.56. The highest BCUT2D eigenvalue weighted by atomic mass is 35.5. The van der Waals surface area contributed by atoms with Gasteiger partial charge in [-0.25, -0.2) is 0 Å². The number of nitrogens with zero attached hydrogens (tertiary/aromatic N) is 2. The van der Waals surface area contributed by atoms with Crippen molar-refractivity contribution in [3.63, 3.8) is 0 Å². The van der Waals surface area contributed by atoms with Crippen molar-refractivity contribution in [3.05, 3.63) is 52.8 Å². The Kier molecular flexibility index (Phi) is 3.71. The van der Waals surface area contributed by atoms with E-state index in [1.54, 1.807) is 35.4 Å². The van der Waals surface area contributed by atoms with Crippen LogP contribution in [0.3, 0.4) is 0 Å². The van der Waals surface area contributed by atoms with Crippen molar-refractivity contribution in [2.24, 2.45) is 0 Å². The molecule has 1 fully saturated rings. The van der Waals surface area contributed by atoms with Crippen LogP contribution >= 0.6 is 11.6 Å². The number of nitrogens with one attached hydrogen (secondary N) is 1. The number of halogens is 1. The number of aromatic nitrogens is 2. The lowest BCUT2D eigenvalue weighted by atomic mass is 10.1. The third kappa shape index (κ3) is 2.55. The summed E-state index contributed by atoms with van der Waals surface area (Å²) in [6.07, 6.45) is 1.67. The predicted molar refractivity (Wildman–Crippen MR) is 74.6 cm³/mol. The average Bonchev–Trinajstić information content (AvgIpc) is 3.00. The van der Waals surface area contributed by atoms with Gasteiger partial charge in [0, 0.05) is 23.3 Å². The number of H-pyrrole nitrogens is 1. The summed E-state index contributed by atoms with van der Waals surface area (Å²) in [5.74, 6) is -0.0459. The van der Waals surface area contributed by atoms with Crippen molar-refractivity contribution in [2.75, 3.05) is 19.8 Å². The minimum Gasteiger partial charge on any atom is -0.377 e. The normalized spacial score (nSPS) is 19.1. The zero-order valence-electron chi connectivity index (χ0n) is 10.8. The van der Waals surface area contributed by atoms with Gasteiger partial charge in [-0.2, -0.15) is 5.10 Å². The highest BCUT2D eigenvalue weighted by molar-refractivity contribution is 6.30. The largest absolute Gasteiger partial charge is 0.377 e. The first-order valence-corrected chi connectivity index (χ1v) is 6.77. The SMILES string of the molecule is O=C(c1cccc(Cl)c1)N1CCOCC1c1ccn[nH]1. The molecule has 2 aromatic rings. The van der Waals surface area contributed by atoms with Crippen molar-refractivity contribution in [1.82, 2.24) is 15.1 Å². The van der Waals surface area contributed by atoms with E-state index in [0.717, 1.165) is 5.69 Å². The molecule has 1 unspecified atom stereocenters. The molecule has 1 aromatic heterocycles. The Morgan fingerprint density at radius 2 is 2.35 bits per heavy atom. The molecule has 0 spiro atoms. The molecule has 1 aromatic carbocycles. The van der Waals surface area contributed by atoms with Crippen LogP contribution in [0, 0.1) is 0 Å². The third-order valence-corrected chi connectivity index (χ3v) is 3.58. The average molecular weight is 292 g/mol. The topological polar surface area (TPSA) is 58.2 Å². The van der Waals surface area contributed by atoms with Gasteiger partial charge in [-0.15, -0.1) is 0 Å². The number of carbonyl (C=O) groups is 1. The quantitative estimate of drug-likeness (QED) is 0.923. The smallest absolute Gasteiger partial charge is 0.254 e. The van der Waals surface area contributed by atoms with Gasteiger partial charge in [0.1, 0.15) is 0 Å². The fraction of sp³-hybridized carbons (Fsp3) is 0.286. The second-order valence-electron chi connectivity index (χ2n) is 4.61. The van der Waals surface area contributed by atoms with E-state index in [2.05, 4.69) is 10.2 Å². The van der Waals surface area contributed by atoms with Crippen LogP contribution in [0.2, 0.25) is 5.02 Å². The molecule has 1 atom stereocenters. The van der Waals surface area contributed by atoms with Crippen molar-refractivity contribution in [3.8, 4) is 0 Å². The van der Waals surface area contributed by atoms with Gasteiger partial charge in [-0.05, 0) is 24.3 Å². The number of amides is 1. The Morgan fingerprint density at radius 1 is 1.45 bits per heavy atom. The van der Waals surface area contributed by atoms with Crippen molar-refractivity contribution >= 4 is 17.5 Å². The summed E-state index contributed by atoms with van der Waals surface area (Å²) in [5.41, 5.74) is 1.46. The van der Waals surface area contributed by atoms with E-state index in [1.807, 2.05) is 6.07 Å². The summed E-state index contributed by atoms with van der Waals surface area (Å²) < 4.78 is 5.48. The number of ether oxygens (including phenoxy) is 1. The number of benzene rings is 1. The standard InChI is InChI=1S/C14H14ClN3O2/c15-11-3-1-2-10(8-11)14(19)18-6-7-20-9-13(18)12-4-5-16-17-12/h1-5,8,13H,6-7,9H2,(H,16,17). The van der Waals surface area contributed by atoms with Crippen LogP contribution in [0.1, 0.15) is 22.1 Å². The van der Waals surface area contributed by atoms with Gasteiger partial charge >= 0.3 is 0 Å².